The van der Waals surface area contributed by atoms with Crippen LogP contribution in [0.25, 0.3) is 0 Å². The van der Waals surface area contributed by atoms with Gasteiger partial charge in [0.1, 0.15) is 0 Å². The quantitative estimate of drug-likeness (QED) is 0.586. The van der Waals surface area contributed by atoms with E-state index in [9.17, 15) is 0 Å². The van der Waals surface area contributed by atoms with Crippen molar-refractivity contribution in [2.75, 3.05) is 13.1 Å². The van der Waals surface area contributed by atoms with Gasteiger partial charge in [-0.3, -0.25) is 4.90 Å². The van der Waals surface area contributed by atoms with Gasteiger partial charge >= 0.3 is 0 Å². The summed E-state index contributed by atoms with van der Waals surface area (Å²) in [5.74, 6) is 0. The number of rotatable bonds is 5. The van der Waals surface area contributed by atoms with Gasteiger partial charge in [-0.05, 0) is 38.8 Å². The van der Waals surface area contributed by atoms with Crippen molar-refractivity contribution < 1.29 is 0 Å². The largest absolute Gasteiger partial charge is 0.300 e. The molecule has 0 amide bonds. The lowest BCUT2D eigenvalue weighted by molar-refractivity contribution is 0.164. The molecule has 0 saturated carbocycles. The second-order valence-electron chi connectivity index (χ2n) is 3.80. The highest BCUT2D eigenvalue weighted by Gasteiger charge is 2.17. The minimum Gasteiger partial charge on any atom is -0.300 e. The zero-order chi connectivity index (χ0) is 9.52. The first-order valence-corrected chi connectivity index (χ1v) is 5.34. The van der Waals surface area contributed by atoms with Gasteiger partial charge in [-0.15, -0.1) is 13.2 Å². The van der Waals surface area contributed by atoms with E-state index in [0.717, 1.165) is 12.8 Å². The van der Waals surface area contributed by atoms with Crippen LogP contribution in [0, 0.1) is 0 Å². The number of hydrogen-bond acceptors (Lipinski definition) is 1. The fourth-order valence-corrected chi connectivity index (χ4v) is 2.06. The molecule has 0 aromatic heterocycles. The van der Waals surface area contributed by atoms with Crippen molar-refractivity contribution in [2.45, 2.75) is 38.1 Å². The van der Waals surface area contributed by atoms with Crippen LogP contribution < -0.4 is 0 Å². The monoisotopic (exact) mass is 179 g/mol. The summed E-state index contributed by atoms with van der Waals surface area (Å²) < 4.78 is 0. The highest BCUT2D eigenvalue weighted by atomic mass is 15.2. The molecule has 0 spiro atoms. The summed E-state index contributed by atoms with van der Waals surface area (Å²) in [6.07, 6.45) is 10.4. The lowest BCUT2D eigenvalue weighted by atomic mass is 10.0. The molecule has 1 fully saturated rings. The molecule has 13 heavy (non-hydrogen) atoms. The molecule has 1 heteroatoms. The molecule has 1 aliphatic rings. The molecule has 1 rings (SSSR count). The Morgan fingerprint density at radius 2 is 1.54 bits per heavy atom. The molecular formula is C12H21N. The molecule has 0 bridgehead atoms. The van der Waals surface area contributed by atoms with Crippen LogP contribution in [-0.4, -0.2) is 24.0 Å². The van der Waals surface area contributed by atoms with E-state index in [4.69, 9.17) is 0 Å². The first-order valence-electron chi connectivity index (χ1n) is 5.34. The van der Waals surface area contributed by atoms with Gasteiger partial charge in [0.25, 0.3) is 0 Å². The van der Waals surface area contributed by atoms with Gasteiger partial charge in [0, 0.05) is 6.04 Å². The molecule has 1 saturated heterocycles. The number of piperidine rings is 1. The van der Waals surface area contributed by atoms with Gasteiger partial charge in [-0.25, -0.2) is 0 Å². The Labute approximate surface area is 82.1 Å². The lowest BCUT2D eigenvalue weighted by Crippen LogP contribution is -2.38. The fraction of sp³-hybridized carbons (Fsp3) is 0.667. The van der Waals surface area contributed by atoms with Crippen LogP contribution in [-0.2, 0) is 0 Å². The van der Waals surface area contributed by atoms with Gasteiger partial charge in [-0.2, -0.15) is 0 Å². The van der Waals surface area contributed by atoms with E-state index in [1.165, 1.54) is 32.4 Å². The van der Waals surface area contributed by atoms with E-state index >= 15 is 0 Å². The van der Waals surface area contributed by atoms with E-state index in [-0.39, 0.29) is 0 Å². The average molecular weight is 179 g/mol. The van der Waals surface area contributed by atoms with E-state index in [0.29, 0.717) is 6.04 Å². The summed E-state index contributed by atoms with van der Waals surface area (Å²) >= 11 is 0. The third-order valence-electron chi connectivity index (χ3n) is 2.78. The normalized spacial score (nSPS) is 18.8. The van der Waals surface area contributed by atoms with Crippen LogP contribution in [0.15, 0.2) is 25.3 Å². The second-order valence-corrected chi connectivity index (χ2v) is 3.80. The summed E-state index contributed by atoms with van der Waals surface area (Å²) in [7, 11) is 0. The van der Waals surface area contributed by atoms with Crippen LogP contribution in [0.2, 0.25) is 0 Å². The fourth-order valence-electron chi connectivity index (χ4n) is 2.06. The Hall–Kier alpha value is -0.560. The summed E-state index contributed by atoms with van der Waals surface area (Å²) in [5, 5.41) is 0. The van der Waals surface area contributed by atoms with Crippen LogP contribution in [0.3, 0.4) is 0 Å². The summed E-state index contributed by atoms with van der Waals surface area (Å²) in [5.41, 5.74) is 0. The Morgan fingerprint density at radius 3 is 2.00 bits per heavy atom. The predicted octanol–water partition coefficient (Wildman–Crippen LogP) is 2.99. The van der Waals surface area contributed by atoms with Gasteiger partial charge < -0.3 is 0 Å². The zero-order valence-electron chi connectivity index (χ0n) is 8.54. The van der Waals surface area contributed by atoms with Crippen LogP contribution in [0.1, 0.15) is 32.1 Å². The van der Waals surface area contributed by atoms with Crippen molar-refractivity contribution in [2.24, 2.45) is 0 Å². The molecule has 0 unspecified atom stereocenters. The SMILES string of the molecule is C=CCC(CC=C)N1CCCCC1. The molecule has 0 aromatic rings. The number of nitrogens with zero attached hydrogens (tertiary/aromatic N) is 1. The average Bonchev–Trinajstić information content (AvgIpc) is 2.19. The predicted molar refractivity (Wildman–Crippen MR) is 58.8 cm³/mol. The molecule has 0 N–H and O–H groups in total. The van der Waals surface area contributed by atoms with Gasteiger partial charge in [-0.1, -0.05) is 18.6 Å². The molecule has 0 atom stereocenters. The topological polar surface area (TPSA) is 3.24 Å². The summed E-state index contributed by atoms with van der Waals surface area (Å²) in [4.78, 5) is 2.59. The third kappa shape index (κ3) is 3.35. The van der Waals surface area contributed by atoms with Crippen LogP contribution >= 0.6 is 0 Å². The number of likely N-dealkylation sites (tertiary alicyclic amines) is 1. The highest BCUT2D eigenvalue weighted by molar-refractivity contribution is 4.86. The molecule has 1 heterocycles. The standard InChI is InChI=1S/C12H21N/c1-3-8-12(9-4-2)13-10-6-5-7-11-13/h3-4,12H,1-2,5-11H2. The van der Waals surface area contributed by atoms with E-state index < -0.39 is 0 Å². The minimum absolute atomic E-state index is 0.662. The number of hydrogen-bond donors (Lipinski definition) is 0. The molecule has 74 valence electrons. The van der Waals surface area contributed by atoms with Crippen molar-refractivity contribution in [1.29, 1.82) is 0 Å². The van der Waals surface area contributed by atoms with Crippen molar-refractivity contribution in [3.05, 3.63) is 25.3 Å². The molecule has 0 aliphatic carbocycles. The minimum atomic E-state index is 0.662. The second kappa shape index (κ2) is 5.98. The smallest absolute Gasteiger partial charge is 0.0164 e. The molecule has 1 aliphatic heterocycles. The maximum atomic E-state index is 3.82. The summed E-state index contributed by atoms with van der Waals surface area (Å²) in [6, 6.07) is 0.662. The van der Waals surface area contributed by atoms with Crippen molar-refractivity contribution in [1.82, 2.24) is 4.90 Å². The highest BCUT2D eigenvalue weighted by Crippen LogP contribution is 2.16. The van der Waals surface area contributed by atoms with Gasteiger partial charge in [0.2, 0.25) is 0 Å². The Kier molecular flexibility index (Phi) is 4.84. The Bertz CT molecular complexity index is 147. The molecule has 1 nitrogen and oxygen atoms in total. The van der Waals surface area contributed by atoms with Crippen molar-refractivity contribution in [3.63, 3.8) is 0 Å². The zero-order valence-corrected chi connectivity index (χ0v) is 8.54. The first-order chi connectivity index (χ1) is 6.38. The van der Waals surface area contributed by atoms with Gasteiger partial charge in [0.15, 0.2) is 0 Å². The van der Waals surface area contributed by atoms with Crippen molar-refractivity contribution >= 4 is 0 Å². The van der Waals surface area contributed by atoms with Crippen LogP contribution in [0.4, 0.5) is 0 Å². The van der Waals surface area contributed by atoms with E-state index in [2.05, 4.69) is 18.1 Å². The van der Waals surface area contributed by atoms with Gasteiger partial charge in [0.05, 0.1) is 0 Å². The first kappa shape index (κ1) is 10.5. The Balaban J connectivity index is 2.40. The van der Waals surface area contributed by atoms with Crippen molar-refractivity contribution in [3.8, 4) is 0 Å². The van der Waals surface area contributed by atoms with Crippen LogP contribution in [0.5, 0.6) is 0 Å². The lowest BCUT2D eigenvalue weighted by Gasteiger charge is -2.33. The maximum Gasteiger partial charge on any atom is 0.0164 e. The molecule has 0 radical (unpaired) electrons. The molecular weight excluding hydrogens is 158 g/mol. The van der Waals surface area contributed by atoms with E-state index in [1.54, 1.807) is 0 Å². The Morgan fingerprint density at radius 1 is 1.00 bits per heavy atom. The third-order valence-corrected chi connectivity index (χ3v) is 2.78. The maximum absolute atomic E-state index is 3.82. The molecule has 0 aromatic carbocycles. The van der Waals surface area contributed by atoms with E-state index in [1.807, 2.05) is 12.2 Å². The summed E-state index contributed by atoms with van der Waals surface area (Å²) in [6.45, 7) is 10.2.